The molecule has 1 aromatic carbocycles. The molecule has 2 aliphatic carbocycles. The van der Waals surface area contributed by atoms with Gasteiger partial charge in [0.1, 0.15) is 0 Å². The van der Waals surface area contributed by atoms with Crippen molar-refractivity contribution in [3.8, 4) is 0 Å². The highest BCUT2D eigenvalue weighted by atomic mass is 32.2. The average Bonchev–Trinajstić information content (AvgIpc) is 3.41. The van der Waals surface area contributed by atoms with Crippen molar-refractivity contribution in [2.75, 3.05) is 9.62 Å². The van der Waals surface area contributed by atoms with Gasteiger partial charge in [0.2, 0.25) is 11.8 Å². The molecule has 27 heavy (non-hydrogen) atoms. The number of sulfonamides is 1. The SMILES string of the molecule is O=C1[C@@H]2[C@H](C(=O)N1c1ccc(S(=O)(=O)Nc3nccs3)cc1)[C@@H]1C=C[C@H]2C1. The summed E-state index contributed by atoms with van der Waals surface area (Å²) < 4.78 is 27.2. The summed E-state index contributed by atoms with van der Waals surface area (Å²) in [6.07, 6.45) is 6.47. The highest BCUT2D eigenvalue weighted by Crippen LogP contribution is 2.53. The van der Waals surface area contributed by atoms with E-state index in [2.05, 4.69) is 9.71 Å². The molecule has 1 N–H and O–H groups in total. The van der Waals surface area contributed by atoms with Crippen LogP contribution in [-0.4, -0.2) is 25.2 Å². The molecule has 138 valence electrons. The van der Waals surface area contributed by atoms with Crippen molar-refractivity contribution >= 4 is 44.0 Å². The molecule has 2 heterocycles. The Hall–Kier alpha value is -2.52. The van der Waals surface area contributed by atoms with Crippen molar-refractivity contribution in [1.82, 2.24) is 4.98 Å². The van der Waals surface area contributed by atoms with Crippen LogP contribution in [-0.2, 0) is 19.6 Å². The largest absolute Gasteiger partial charge is 0.274 e. The molecule has 4 atom stereocenters. The number of hydrogen-bond acceptors (Lipinski definition) is 6. The Kier molecular flexibility index (Phi) is 3.54. The van der Waals surface area contributed by atoms with Gasteiger partial charge in [0, 0.05) is 11.6 Å². The molecule has 1 saturated carbocycles. The molecule has 1 aromatic heterocycles. The summed E-state index contributed by atoms with van der Waals surface area (Å²) in [6.45, 7) is 0. The number of aromatic nitrogens is 1. The zero-order valence-electron chi connectivity index (χ0n) is 14.0. The number of carbonyl (C=O) groups is 2. The van der Waals surface area contributed by atoms with Crippen LogP contribution in [0.2, 0.25) is 0 Å². The molecule has 3 aliphatic rings. The summed E-state index contributed by atoms with van der Waals surface area (Å²) in [5, 5.41) is 1.95. The third-order valence-corrected chi connectivity index (χ3v) is 7.70. The lowest BCUT2D eigenvalue weighted by Crippen LogP contribution is -2.32. The first-order valence-electron chi connectivity index (χ1n) is 8.54. The predicted octanol–water partition coefficient (Wildman–Crippen LogP) is 2.26. The molecular weight excluding hydrogens is 386 g/mol. The van der Waals surface area contributed by atoms with Gasteiger partial charge >= 0.3 is 0 Å². The third-order valence-electron chi connectivity index (χ3n) is 5.53. The minimum atomic E-state index is -3.77. The average molecular weight is 401 g/mol. The number of nitrogens with one attached hydrogen (secondary N) is 1. The van der Waals surface area contributed by atoms with Gasteiger partial charge in [-0.05, 0) is 42.5 Å². The number of benzene rings is 1. The van der Waals surface area contributed by atoms with Gasteiger partial charge < -0.3 is 0 Å². The maximum absolute atomic E-state index is 12.8. The van der Waals surface area contributed by atoms with E-state index in [1.54, 1.807) is 5.38 Å². The standard InChI is InChI=1S/C18H15N3O4S2/c22-16-14-10-1-2-11(9-10)15(14)17(23)21(16)12-3-5-13(6-4-12)27(24,25)20-18-19-7-8-26-18/h1-8,10-11,14-15H,9H2,(H,19,20)/t10-,11+,14-,15+. The van der Waals surface area contributed by atoms with E-state index in [1.807, 2.05) is 12.2 Å². The van der Waals surface area contributed by atoms with E-state index in [4.69, 9.17) is 0 Å². The fourth-order valence-electron chi connectivity index (χ4n) is 4.38. The van der Waals surface area contributed by atoms with E-state index < -0.39 is 10.0 Å². The number of imide groups is 1. The number of amides is 2. The maximum Gasteiger partial charge on any atom is 0.263 e. The molecule has 5 rings (SSSR count). The van der Waals surface area contributed by atoms with Crippen molar-refractivity contribution in [2.45, 2.75) is 11.3 Å². The summed E-state index contributed by atoms with van der Waals surface area (Å²) in [5.74, 6) is -0.631. The van der Waals surface area contributed by atoms with E-state index in [9.17, 15) is 18.0 Å². The van der Waals surface area contributed by atoms with Crippen LogP contribution in [0.5, 0.6) is 0 Å². The number of carbonyl (C=O) groups excluding carboxylic acids is 2. The van der Waals surface area contributed by atoms with Crippen molar-refractivity contribution in [3.05, 3.63) is 48.0 Å². The van der Waals surface area contributed by atoms with Crippen LogP contribution in [0.15, 0.2) is 52.9 Å². The van der Waals surface area contributed by atoms with Crippen LogP contribution in [0.3, 0.4) is 0 Å². The summed E-state index contributed by atoms with van der Waals surface area (Å²) >= 11 is 1.18. The molecule has 0 spiro atoms. The molecule has 0 unspecified atom stereocenters. The van der Waals surface area contributed by atoms with E-state index in [1.165, 1.54) is 46.7 Å². The van der Waals surface area contributed by atoms with Gasteiger partial charge in [-0.3, -0.25) is 19.2 Å². The van der Waals surface area contributed by atoms with Crippen LogP contribution >= 0.6 is 11.3 Å². The Morgan fingerprint density at radius 1 is 1.04 bits per heavy atom. The molecule has 1 aliphatic heterocycles. The lowest BCUT2D eigenvalue weighted by Gasteiger charge is -2.17. The quantitative estimate of drug-likeness (QED) is 0.626. The lowest BCUT2D eigenvalue weighted by atomic mass is 9.85. The maximum atomic E-state index is 12.8. The number of nitrogens with zero attached hydrogens (tertiary/aromatic N) is 2. The first-order chi connectivity index (χ1) is 13.0. The Bertz CT molecular complexity index is 1030. The van der Waals surface area contributed by atoms with E-state index in [-0.39, 0.29) is 45.5 Å². The van der Waals surface area contributed by atoms with Crippen LogP contribution < -0.4 is 9.62 Å². The third kappa shape index (κ3) is 2.45. The van der Waals surface area contributed by atoms with E-state index >= 15 is 0 Å². The Morgan fingerprint density at radius 3 is 2.22 bits per heavy atom. The van der Waals surface area contributed by atoms with Gasteiger partial charge in [0.05, 0.1) is 22.4 Å². The van der Waals surface area contributed by atoms with Crippen LogP contribution in [0.4, 0.5) is 10.8 Å². The molecule has 2 bridgehead atoms. The van der Waals surface area contributed by atoms with Crippen molar-refractivity contribution < 1.29 is 18.0 Å². The first-order valence-corrected chi connectivity index (χ1v) is 10.9. The summed E-state index contributed by atoms with van der Waals surface area (Å²) in [7, 11) is -3.77. The van der Waals surface area contributed by atoms with Crippen LogP contribution in [0.1, 0.15) is 6.42 Å². The summed E-state index contributed by atoms with van der Waals surface area (Å²) in [4.78, 5) is 30.8. The highest BCUT2D eigenvalue weighted by Gasteiger charge is 2.59. The minimum absolute atomic E-state index is 0.0440. The van der Waals surface area contributed by atoms with Crippen LogP contribution in [0, 0.1) is 23.7 Å². The van der Waals surface area contributed by atoms with Crippen molar-refractivity contribution in [1.29, 1.82) is 0 Å². The lowest BCUT2D eigenvalue weighted by molar-refractivity contribution is -0.123. The molecule has 1 saturated heterocycles. The Balaban J connectivity index is 1.41. The molecule has 2 aromatic rings. The van der Waals surface area contributed by atoms with Gasteiger partial charge in [0.15, 0.2) is 5.13 Å². The predicted molar refractivity (Wildman–Crippen MR) is 99.6 cm³/mol. The summed E-state index contributed by atoms with van der Waals surface area (Å²) in [5.41, 5.74) is 0.409. The van der Waals surface area contributed by atoms with Gasteiger partial charge in [-0.2, -0.15) is 0 Å². The van der Waals surface area contributed by atoms with Gasteiger partial charge in [-0.15, -0.1) is 11.3 Å². The van der Waals surface area contributed by atoms with E-state index in [0.717, 1.165) is 6.42 Å². The normalized spacial score (nSPS) is 28.8. The summed E-state index contributed by atoms with van der Waals surface area (Å²) in [6, 6.07) is 5.80. The van der Waals surface area contributed by atoms with Crippen LogP contribution in [0.25, 0.3) is 0 Å². The smallest absolute Gasteiger partial charge is 0.263 e. The number of anilines is 2. The second-order valence-electron chi connectivity index (χ2n) is 6.95. The zero-order chi connectivity index (χ0) is 18.8. The number of rotatable bonds is 4. The Morgan fingerprint density at radius 2 is 1.67 bits per heavy atom. The fraction of sp³-hybridized carbons (Fsp3) is 0.278. The number of fused-ring (bicyclic) bond motifs is 5. The van der Waals surface area contributed by atoms with Crippen molar-refractivity contribution in [3.63, 3.8) is 0 Å². The molecule has 2 amide bonds. The van der Waals surface area contributed by atoms with Gasteiger partial charge in [-0.25, -0.2) is 13.4 Å². The molecular formula is C18H15N3O4S2. The van der Waals surface area contributed by atoms with Gasteiger partial charge in [0.25, 0.3) is 10.0 Å². The highest BCUT2D eigenvalue weighted by molar-refractivity contribution is 7.93. The topological polar surface area (TPSA) is 96.4 Å². The fourth-order valence-corrected chi connectivity index (χ4v) is 6.17. The minimum Gasteiger partial charge on any atom is -0.274 e. The monoisotopic (exact) mass is 401 g/mol. The van der Waals surface area contributed by atoms with Gasteiger partial charge in [-0.1, -0.05) is 12.2 Å². The zero-order valence-corrected chi connectivity index (χ0v) is 15.6. The second kappa shape index (κ2) is 5.74. The number of allylic oxidation sites excluding steroid dienone is 2. The Labute approximate surface area is 159 Å². The first kappa shape index (κ1) is 16.6. The number of thiazole rings is 1. The molecule has 2 fully saturated rings. The van der Waals surface area contributed by atoms with E-state index in [0.29, 0.717) is 5.69 Å². The molecule has 0 radical (unpaired) electrons. The molecule has 9 heteroatoms. The number of hydrogen-bond donors (Lipinski definition) is 1. The second-order valence-corrected chi connectivity index (χ2v) is 9.53. The van der Waals surface area contributed by atoms with Crippen molar-refractivity contribution in [2.24, 2.45) is 23.7 Å². The molecule has 7 nitrogen and oxygen atoms in total.